The molecule has 1 aromatic carbocycles. The van der Waals surface area contributed by atoms with Crippen molar-refractivity contribution in [3.63, 3.8) is 0 Å². The number of nitrogens with zero attached hydrogens (tertiary/aromatic N) is 5. The van der Waals surface area contributed by atoms with Crippen molar-refractivity contribution in [3.8, 4) is 11.1 Å². The maximum Gasteiger partial charge on any atom is 0.337 e. The second-order valence-electron chi connectivity index (χ2n) is 10.6. The van der Waals surface area contributed by atoms with Crippen LogP contribution in [0.2, 0.25) is 5.02 Å². The van der Waals surface area contributed by atoms with Gasteiger partial charge in [0.05, 0.1) is 21.8 Å². The van der Waals surface area contributed by atoms with Gasteiger partial charge in [-0.25, -0.2) is 19.2 Å². The van der Waals surface area contributed by atoms with Crippen molar-refractivity contribution in [1.29, 1.82) is 0 Å². The second kappa shape index (κ2) is 10.7. The maximum atomic E-state index is 14.1. The van der Waals surface area contributed by atoms with Gasteiger partial charge in [0.15, 0.2) is 0 Å². The lowest BCUT2D eigenvalue weighted by atomic mass is 9.97. The largest absolute Gasteiger partial charge is 0.478 e. The van der Waals surface area contributed by atoms with E-state index in [0.717, 1.165) is 10.9 Å². The van der Waals surface area contributed by atoms with Crippen LogP contribution >= 0.6 is 24.0 Å². The number of carboxylic acid groups (broad SMARTS) is 1. The minimum atomic E-state index is -0.991. The topological polar surface area (TPSA) is 91.6 Å². The van der Waals surface area contributed by atoms with Gasteiger partial charge in [0, 0.05) is 43.8 Å². The maximum absolute atomic E-state index is 14.1. The summed E-state index contributed by atoms with van der Waals surface area (Å²) in [6, 6.07) is 10.0. The number of pyridine rings is 2. The standard InChI is InChI=1S/C29H29ClFN5O3.ClH/c1-16-12-24(32-17(2)25(16)28(38)39)35-10-11-36(29(3,4)15-35)27(37)23-9-7-19-20(14-34(5)26(19)33-23)18-6-8-21(30)22(31)13-18;/h6-9,12-14H,10-11,15H2,1-5H3,(H,38,39);1H. The monoisotopic (exact) mass is 585 g/mol. The normalized spacial score (nSPS) is 14.8. The minimum absolute atomic E-state index is 0. The molecule has 1 fully saturated rings. The van der Waals surface area contributed by atoms with Crippen LogP contribution in [0.5, 0.6) is 0 Å². The van der Waals surface area contributed by atoms with E-state index in [4.69, 9.17) is 16.6 Å². The number of fused-ring (bicyclic) bond motifs is 1. The molecule has 5 rings (SSSR count). The first-order valence-electron chi connectivity index (χ1n) is 12.6. The van der Waals surface area contributed by atoms with E-state index in [-0.39, 0.29) is 28.9 Å². The van der Waals surface area contributed by atoms with Gasteiger partial charge < -0.3 is 19.5 Å². The van der Waals surface area contributed by atoms with Crippen molar-refractivity contribution in [2.24, 2.45) is 7.05 Å². The van der Waals surface area contributed by atoms with Crippen LogP contribution in [-0.2, 0) is 7.05 Å². The Morgan fingerprint density at radius 2 is 1.80 bits per heavy atom. The summed E-state index contributed by atoms with van der Waals surface area (Å²) in [6.45, 7) is 8.99. The zero-order valence-electron chi connectivity index (χ0n) is 22.8. The molecule has 4 heterocycles. The molecule has 40 heavy (non-hydrogen) atoms. The molecule has 1 amide bonds. The molecule has 0 atom stereocenters. The van der Waals surface area contributed by atoms with Gasteiger partial charge in [-0.05, 0) is 69.2 Å². The summed E-state index contributed by atoms with van der Waals surface area (Å²) in [5.74, 6) is -0.964. The minimum Gasteiger partial charge on any atom is -0.478 e. The highest BCUT2D eigenvalue weighted by Crippen LogP contribution is 2.33. The predicted molar refractivity (Wildman–Crippen MR) is 156 cm³/mol. The Balaban J connectivity index is 0.00000370. The van der Waals surface area contributed by atoms with E-state index < -0.39 is 17.3 Å². The molecule has 0 aliphatic carbocycles. The van der Waals surface area contributed by atoms with E-state index in [9.17, 15) is 19.1 Å². The molecular weight excluding hydrogens is 556 g/mol. The van der Waals surface area contributed by atoms with Gasteiger partial charge in [-0.2, -0.15) is 0 Å². The molecule has 1 saturated heterocycles. The number of benzene rings is 1. The van der Waals surface area contributed by atoms with Crippen LogP contribution in [0.25, 0.3) is 22.2 Å². The zero-order valence-corrected chi connectivity index (χ0v) is 24.4. The van der Waals surface area contributed by atoms with Crippen LogP contribution in [0.3, 0.4) is 0 Å². The molecule has 1 N–H and O–H groups in total. The van der Waals surface area contributed by atoms with Gasteiger partial charge in [0.1, 0.15) is 23.0 Å². The molecule has 1 aliphatic heterocycles. The summed E-state index contributed by atoms with van der Waals surface area (Å²) < 4.78 is 15.9. The summed E-state index contributed by atoms with van der Waals surface area (Å²) in [7, 11) is 1.84. The zero-order chi connectivity index (χ0) is 28.2. The molecule has 0 radical (unpaired) electrons. The van der Waals surface area contributed by atoms with E-state index in [1.165, 1.54) is 12.1 Å². The van der Waals surface area contributed by atoms with Gasteiger partial charge >= 0.3 is 5.97 Å². The number of carbonyl (C=O) groups excluding carboxylic acids is 1. The van der Waals surface area contributed by atoms with Gasteiger partial charge in [0.2, 0.25) is 0 Å². The highest BCUT2D eigenvalue weighted by molar-refractivity contribution is 6.30. The first-order valence-corrected chi connectivity index (χ1v) is 12.9. The van der Waals surface area contributed by atoms with Crippen LogP contribution in [0.4, 0.5) is 10.2 Å². The summed E-state index contributed by atoms with van der Waals surface area (Å²) in [5, 5.41) is 10.3. The summed E-state index contributed by atoms with van der Waals surface area (Å²) in [4.78, 5) is 38.4. The Hall–Kier alpha value is -3.69. The number of anilines is 1. The number of aromatic carboxylic acids is 1. The fourth-order valence-electron chi connectivity index (χ4n) is 5.43. The molecule has 0 unspecified atom stereocenters. The number of hydrogen-bond acceptors (Lipinski definition) is 5. The molecule has 11 heteroatoms. The number of carbonyl (C=O) groups is 2. The molecule has 8 nitrogen and oxygen atoms in total. The molecule has 0 saturated carbocycles. The van der Waals surface area contributed by atoms with Gasteiger partial charge in [-0.3, -0.25) is 4.79 Å². The second-order valence-corrected chi connectivity index (χ2v) is 11.0. The average Bonchev–Trinajstić information content (AvgIpc) is 3.19. The number of carboxylic acids is 1. The number of rotatable bonds is 4. The van der Waals surface area contributed by atoms with E-state index >= 15 is 0 Å². The highest BCUT2D eigenvalue weighted by atomic mass is 35.5. The van der Waals surface area contributed by atoms with Crippen molar-refractivity contribution < 1.29 is 19.1 Å². The van der Waals surface area contributed by atoms with Gasteiger partial charge in [0.25, 0.3) is 5.91 Å². The Morgan fingerprint density at radius 3 is 2.42 bits per heavy atom. The summed E-state index contributed by atoms with van der Waals surface area (Å²) in [6.07, 6.45) is 1.86. The molecular formula is C29H30Cl2FN5O3. The van der Waals surface area contributed by atoms with E-state index in [0.29, 0.717) is 53.6 Å². The molecule has 1 aliphatic rings. The number of hydrogen-bond donors (Lipinski definition) is 1. The third-order valence-electron chi connectivity index (χ3n) is 7.34. The quantitative estimate of drug-likeness (QED) is 0.320. The lowest BCUT2D eigenvalue weighted by Crippen LogP contribution is -2.61. The summed E-state index contributed by atoms with van der Waals surface area (Å²) in [5.41, 5.74) is 3.23. The highest BCUT2D eigenvalue weighted by Gasteiger charge is 2.38. The number of halogens is 3. The van der Waals surface area contributed by atoms with Gasteiger partial charge in [-0.15, -0.1) is 12.4 Å². The van der Waals surface area contributed by atoms with Gasteiger partial charge in [-0.1, -0.05) is 17.7 Å². The average molecular weight is 586 g/mol. The smallest absolute Gasteiger partial charge is 0.337 e. The number of piperazine rings is 1. The van der Waals surface area contributed by atoms with Crippen molar-refractivity contribution in [2.75, 3.05) is 24.5 Å². The van der Waals surface area contributed by atoms with Crippen LogP contribution in [0.15, 0.2) is 42.6 Å². The third kappa shape index (κ3) is 5.11. The number of amides is 1. The molecule has 0 bridgehead atoms. The fourth-order valence-corrected chi connectivity index (χ4v) is 5.54. The van der Waals surface area contributed by atoms with E-state index in [2.05, 4.69) is 9.88 Å². The summed E-state index contributed by atoms with van der Waals surface area (Å²) >= 11 is 5.86. The lowest BCUT2D eigenvalue weighted by molar-refractivity contribution is 0.0507. The van der Waals surface area contributed by atoms with Crippen LogP contribution in [0, 0.1) is 19.7 Å². The Labute approximate surface area is 242 Å². The Morgan fingerprint density at radius 1 is 1.07 bits per heavy atom. The fraction of sp³-hybridized carbons (Fsp3) is 0.310. The predicted octanol–water partition coefficient (Wildman–Crippen LogP) is 5.91. The molecule has 0 spiro atoms. The van der Waals surface area contributed by atoms with E-state index in [1.54, 1.807) is 32.0 Å². The lowest BCUT2D eigenvalue weighted by Gasteiger charge is -2.47. The van der Waals surface area contributed by atoms with Crippen LogP contribution < -0.4 is 4.90 Å². The van der Waals surface area contributed by atoms with Crippen LogP contribution in [0.1, 0.15) is 46.0 Å². The van der Waals surface area contributed by atoms with E-state index in [1.807, 2.05) is 42.6 Å². The number of aryl methyl sites for hydroxylation is 3. The Kier molecular flexibility index (Phi) is 7.84. The molecule has 210 valence electrons. The first-order chi connectivity index (χ1) is 18.4. The van der Waals surface area contributed by atoms with Crippen molar-refractivity contribution in [2.45, 2.75) is 33.2 Å². The van der Waals surface area contributed by atoms with Crippen molar-refractivity contribution in [3.05, 3.63) is 75.9 Å². The SMILES string of the molecule is Cc1cc(N2CCN(C(=O)c3ccc4c(-c5ccc(Cl)c(F)c5)cn(C)c4n3)C(C)(C)C2)nc(C)c1C(=O)O.Cl. The number of aromatic nitrogens is 3. The first kappa shape index (κ1) is 29.3. The third-order valence-corrected chi connectivity index (χ3v) is 7.65. The molecule has 4 aromatic rings. The van der Waals surface area contributed by atoms with Crippen molar-refractivity contribution in [1.82, 2.24) is 19.4 Å². The van der Waals surface area contributed by atoms with Crippen molar-refractivity contribution >= 4 is 52.7 Å². The van der Waals surface area contributed by atoms with Crippen LogP contribution in [-0.4, -0.2) is 61.6 Å². The Bertz CT molecular complexity index is 1630. The molecule has 3 aromatic heterocycles.